The van der Waals surface area contributed by atoms with E-state index in [0.29, 0.717) is 35.2 Å². The molecule has 0 radical (unpaired) electrons. The van der Waals surface area contributed by atoms with Crippen LogP contribution < -0.4 is 20.1 Å². The van der Waals surface area contributed by atoms with Gasteiger partial charge in [0, 0.05) is 6.07 Å². The second-order valence-corrected chi connectivity index (χ2v) is 6.98. The van der Waals surface area contributed by atoms with E-state index in [0.717, 1.165) is 18.2 Å². The van der Waals surface area contributed by atoms with Crippen LogP contribution in [0.3, 0.4) is 0 Å². The van der Waals surface area contributed by atoms with Gasteiger partial charge in [0.25, 0.3) is 5.91 Å². The summed E-state index contributed by atoms with van der Waals surface area (Å²) in [5.41, 5.74) is -1.37. The largest absolute Gasteiger partial charge is 0.486 e. The van der Waals surface area contributed by atoms with Crippen molar-refractivity contribution in [2.24, 2.45) is 0 Å². The van der Waals surface area contributed by atoms with E-state index in [1.165, 1.54) is 6.92 Å². The van der Waals surface area contributed by atoms with Crippen LogP contribution >= 0.6 is 0 Å². The smallest absolute Gasteiger partial charge is 0.325 e. The Morgan fingerprint density at radius 3 is 2.63 bits per heavy atom. The molecule has 0 spiro atoms. The van der Waals surface area contributed by atoms with Crippen molar-refractivity contribution in [2.45, 2.75) is 12.5 Å². The van der Waals surface area contributed by atoms with Gasteiger partial charge in [-0.25, -0.2) is 13.6 Å². The summed E-state index contributed by atoms with van der Waals surface area (Å²) in [6.07, 6.45) is 0. The molecular formula is C20H17F2N3O5. The highest BCUT2D eigenvalue weighted by molar-refractivity contribution is 6.10. The summed E-state index contributed by atoms with van der Waals surface area (Å²) < 4.78 is 38.0. The molecule has 8 nitrogen and oxygen atoms in total. The summed E-state index contributed by atoms with van der Waals surface area (Å²) in [5.74, 6) is -2.14. The average molecular weight is 417 g/mol. The zero-order valence-electron chi connectivity index (χ0n) is 15.8. The lowest BCUT2D eigenvalue weighted by molar-refractivity contribution is -0.133. The SMILES string of the molecule is C[C@@]1(c2ccc3c(c2)OCCO3)NC(=O)N(CC(=O)Nc2cc(F)ccc2F)C1=O. The number of carbonyl (C=O) groups is 3. The number of imide groups is 1. The van der Waals surface area contributed by atoms with E-state index in [-0.39, 0.29) is 5.69 Å². The first-order valence-corrected chi connectivity index (χ1v) is 9.07. The summed E-state index contributed by atoms with van der Waals surface area (Å²) in [5, 5.41) is 4.73. The van der Waals surface area contributed by atoms with Crippen molar-refractivity contribution in [3.63, 3.8) is 0 Å². The summed E-state index contributed by atoms with van der Waals surface area (Å²) in [6, 6.07) is 6.64. The van der Waals surface area contributed by atoms with Crippen LogP contribution in [0.5, 0.6) is 11.5 Å². The molecule has 2 aliphatic rings. The summed E-state index contributed by atoms with van der Waals surface area (Å²) in [7, 11) is 0. The topological polar surface area (TPSA) is 97.0 Å². The number of urea groups is 1. The van der Waals surface area contributed by atoms with Crippen molar-refractivity contribution in [1.29, 1.82) is 0 Å². The Balaban J connectivity index is 1.52. The molecule has 4 amide bonds. The zero-order chi connectivity index (χ0) is 21.5. The first kappa shape index (κ1) is 19.6. The quantitative estimate of drug-likeness (QED) is 0.743. The van der Waals surface area contributed by atoms with Crippen molar-refractivity contribution in [1.82, 2.24) is 10.2 Å². The maximum Gasteiger partial charge on any atom is 0.325 e. The summed E-state index contributed by atoms with van der Waals surface area (Å²) in [4.78, 5) is 38.3. The molecule has 0 bridgehead atoms. The molecule has 2 N–H and O–H groups in total. The number of benzene rings is 2. The monoisotopic (exact) mass is 417 g/mol. The minimum atomic E-state index is -1.43. The van der Waals surface area contributed by atoms with Crippen LogP contribution in [0.15, 0.2) is 36.4 Å². The fourth-order valence-corrected chi connectivity index (χ4v) is 3.32. The molecule has 1 atom stereocenters. The van der Waals surface area contributed by atoms with Crippen LogP contribution in [-0.2, 0) is 15.1 Å². The third-order valence-corrected chi connectivity index (χ3v) is 4.90. The van der Waals surface area contributed by atoms with E-state index in [4.69, 9.17) is 9.47 Å². The van der Waals surface area contributed by atoms with E-state index >= 15 is 0 Å². The summed E-state index contributed by atoms with van der Waals surface area (Å²) >= 11 is 0. The number of hydrogen-bond donors (Lipinski definition) is 2. The number of nitrogens with zero attached hydrogens (tertiary/aromatic N) is 1. The molecule has 156 valence electrons. The van der Waals surface area contributed by atoms with E-state index in [1.807, 2.05) is 0 Å². The molecule has 30 heavy (non-hydrogen) atoms. The van der Waals surface area contributed by atoms with Gasteiger partial charge in [0.1, 0.15) is 36.9 Å². The van der Waals surface area contributed by atoms with E-state index < -0.39 is 41.6 Å². The number of carbonyl (C=O) groups excluding carboxylic acids is 3. The Morgan fingerprint density at radius 1 is 1.13 bits per heavy atom. The molecule has 1 saturated heterocycles. The Morgan fingerprint density at radius 2 is 1.87 bits per heavy atom. The predicted molar refractivity (Wildman–Crippen MR) is 100 cm³/mol. The van der Waals surface area contributed by atoms with Crippen LogP contribution in [0.25, 0.3) is 0 Å². The molecule has 0 aromatic heterocycles. The van der Waals surface area contributed by atoms with Gasteiger partial charge in [-0.05, 0) is 36.8 Å². The molecule has 2 heterocycles. The van der Waals surface area contributed by atoms with Gasteiger partial charge in [-0.2, -0.15) is 0 Å². The van der Waals surface area contributed by atoms with Crippen LogP contribution in [0.4, 0.5) is 19.3 Å². The van der Waals surface area contributed by atoms with Gasteiger partial charge in [-0.1, -0.05) is 6.07 Å². The average Bonchev–Trinajstić information content (AvgIpc) is 2.94. The van der Waals surface area contributed by atoms with Gasteiger partial charge < -0.3 is 20.1 Å². The minimum Gasteiger partial charge on any atom is -0.486 e. The van der Waals surface area contributed by atoms with Crippen molar-refractivity contribution in [3.8, 4) is 11.5 Å². The van der Waals surface area contributed by atoms with E-state index in [1.54, 1.807) is 18.2 Å². The van der Waals surface area contributed by atoms with Crippen LogP contribution in [0, 0.1) is 11.6 Å². The Bertz CT molecular complexity index is 1060. The Kier molecular flexibility index (Phi) is 4.76. The van der Waals surface area contributed by atoms with Crippen LogP contribution in [0.2, 0.25) is 0 Å². The van der Waals surface area contributed by atoms with Crippen LogP contribution in [0.1, 0.15) is 12.5 Å². The maximum atomic E-state index is 13.7. The highest BCUT2D eigenvalue weighted by Gasteiger charge is 2.49. The third-order valence-electron chi connectivity index (χ3n) is 4.90. The normalized spacial score (nSPS) is 20.2. The van der Waals surface area contributed by atoms with Gasteiger partial charge in [0.05, 0.1) is 5.69 Å². The number of anilines is 1. The standard InChI is InChI=1S/C20H17F2N3O5/c1-20(11-2-5-15-16(8-11)30-7-6-29-15)18(27)25(19(28)24-20)10-17(26)23-14-9-12(21)3-4-13(14)22/h2-5,8-9H,6-7,10H2,1H3,(H,23,26)(H,24,28)/t20-/m0/s1. The lowest BCUT2D eigenvalue weighted by Gasteiger charge is -2.25. The van der Waals surface area contributed by atoms with Gasteiger partial charge >= 0.3 is 6.03 Å². The third kappa shape index (κ3) is 3.40. The number of rotatable bonds is 4. The summed E-state index contributed by atoms with van der Waals surface area (Å²) in [6.45, 7) is 1.61. The highest BCUT2D eigenvalue weighted by Crippen LogP contribution is 2.36. The number of ether oxygens (including phenoxy) is 2. The van der Waals surface area contributed by atoms with Gasteiger partial charge in [0.2, 0.25) is 5.91 Å². The zero-order valence-corrected chi connectivity index (χ0v) is 15.8. The van der Waals surface area contributed by atoms with Gasteiger partial charge in [-0.15, -0.1) is 0 Å². The molecule has 0 unspecified atom stereocenters. The lowest BCUT2D eigenvalue weighted by Crippen LogP contribution is -2.42. The fourth-order valence-electron chi connectivity index (χ4n) is 3.32. The number of halogens is 2. The molecule has 0 saturated carbocycles. The molecule has 2 aliphatic heterocycles. The lowest BCUT2D eigenvalue weighted by atomic mass is 9.91. The van der Waals surface area contributed by atoms with E-state index in [2.05, 4.69) is 10.6 Å². The fraction of sp³-hybridized carbons (Fsp3) is 0.250. The number of hydrogen-bond acceptors (Lipinski definition) is 5. The molecular weight excluding hydrogens is 400 g/mol. The molecule has 0 aliphatic carbocycles. The first-order chi connectivity index (χ1) is 14.3. The second-order valence-electron chi connectivity index (χ2n) is 6.98. The minimum absolute atomic E-state index is 0.358. The first-order valence-electron chi connectivity index (χ1n) is 9.07. The van der Waals surface area contributed by atoms with Crippen molar-refractivity contribution >= 4 is 23.5 Å². The van der Waals surface area contributed by atoms with Crippen molar-refractivity contribution in [2.75, 3.05) is 25.1 Å². The van der Waals surface area contributed by atoms with Crippen molar-refractivity contribution in [3.05, 3.63) is 53.6 Å². The Hall–Kier alpha value is -3.69. The molecule has 4 rings (SSSR count). The number of fused-ring (bicyclic) bond motifs is 1. The number of amides is 4. The molecule has 2 aromatic rings. The Labute approximate surface area is 169 Å². The second kappa shape index (κ2) is 7.29. The van der Waals surface area contributed by atoms with Gasteiger partial charge in [-0.3, -0.25) is 14.5 Å². The molecule has 1 fully saturated rings. The predicted octanol–water partition coefficient (Wildman–Crippen LogP) is 2.14. The van der Waals surface area contributed by atoms with Crippen LogP contribution in [-0.4, -0.2) is 42.5 Å². The highest BCUT2D eigenvalue weighted by atomic mass is 19.1. The molecule has 2 aromatic carbocycles. The maximum absolute atomic E-state index is 13.7. The van der Waals surface area contributed by atoms with E-state index in [9.17, 15) is 23.2 Å². The molecule has 10 heteroatoms. The van der Waals surface area contributed by atoms with Crippen molar-refractivity contribution < 1.29 is 32.6 Å². The van der Waals surface area contributed by atoms with Gasteiger partial charge in [0.15, 0.2) is 11.5 Å². The number of nitrogens with one attached hydrogen (secondary N) is 2.